The fourth-order valence-corrected chi connectivity index (χ4v) is 3.16. The fraction of sp³-hybridized carbons (Fsp3) is 0.471. The van der Waals surface area contributed by atoms with Crippen molar-refractivity contribution in [2.24, 2.45) is 0 Å². The average molecular weight is 348 g/mol. The van der Waals surface area contributed by atoms with Crippen LogP contribution in [0.4, 0.5) is 4.39 Å². The monoisotopic (exact) mass is 348 g/mol. The number of pyridine rings is 1. The van der Waals surface area contributed by atoms with Gasteiger partial charge in [-0.05, 0) is 32.4 Å². The van der Waals surface area contributed by atoms with Gasteiger partial charge in [-0.3, -0.25) is 24.2 Å². The Kier molecular flexibility index (Phi) is 4.57. The third-order valence-electron chi connectivity index (χ3n) is 4.74. The minimum Gasteiger partial charge on any atom is -0.388 e. The highest BCUT2D eigenvalue weighted by Gasteiger charge is 2.39. The number of halogens is 1. The second-order valence-electron chi connectivity index (χ2n) is 6.80. The lowest BCUT2D eigenvalue weighted by molar-refractivity contribution is -0.0545. The van der Waals surface area contributed by atoms with Gasteiger partial charge in [-0.2, -0.15) is 0 Å². The molecule has 134 valence electrons. The predicted molar refractivity (Wildman–Crippen MR) is 89.8 cm³/mol. The molecule has 0 spiro atoms. The molecule has 0 unspecified atom stereocenters. The number of nitrogens with one attached hydrogen (secondary N) is 1. The number of aryl methyl sites for hydroxylation is 1. The second-order valence-corrected chi connectivity index (χ2v) is 6.80. The van der Waals surface area contributed by atoms with Crippen LogP contribution < -0.4 is 11.2 Å². The van der Waals surface area contributed by atoms with Crippen molar-refractivity contribution in [3.05, 3.63) is 62.4 Å². The summed E-state index contributed by atoms with van der Waals surface area (Å²) >= 11 is 0. The van der Waals surface area contributed by atoms with Crippen LogP contribution in [-0.2, 0) is 6.54 Å². The van der Waals surface area contributed by atoms with Gasteiger partial charge in [0.1, 0.15) is 5.82 Å². The summed E-state index contributed by atoms with van der Waals surface area (Å²) in [4.78, 5) is 32.2. The van der Waals surface area contributed by atoms with Crippen LogP contribution in [0.5, 0.6) is 0 Å². The maximum atomic E-state index is 13.0. The molecule has 1 saturated heterocycles. The zero-order valence-corrected chi connectivity index (χ0v) is 14.2. The van der Waals surface area contributed by atoms with Gasteiger partial charge in [0.2, 0.25) is 0 Å². The van der Waals surface area contributed by atoms with Crippen molar-refractivity contribution >= 4 is 0 Å². The van der Waals surface area contributed by atoms with E-state index in [2.05, 4.69) is 14.9 Å². The molecular weight excluding hydrogens is 327 g/mol. The van der Waals surface area contributed by atoms with E-state index in [1.807, 2.05) is 0 Å². The molecule has 8 heteroatoms. The molecule has 1 aliphatic rings. The Bertz CT molecular complexity index is 873. The van der Waals surface area contributed by atoms with E-state index < -0.39 is 28.7 Å². The van der Waals surface area contributed by atoms with Crippen molar-refractivity contribution in [2.75, 3.05) is 13.1 Å². The van der Waals surface area contributed by atoms with Crippen LogP contribution in [0, 0.1) is 12.7 Å². The number of piperidine rings is 1. The zero-order chi connectivity index (χ0) is 18.2. The van der Waals surface area contributed by atoms with E-state index in [1.54, 1.807) is 19.9 Å². The molecule has 3 heterocycles. The Morgan fingerprint density at radius 3 is 2.88 bits per heavy atom. The fourth-order valence-electron chi connectivity index (χ4n) is 3.16. The number of hydrogen-bond acceptors (Lipinski definition) is 5. The quantitative estimate of drug-likeness (QED) is 0.847. The summed E-state index contributed by atoms with van der Waals surface area (Å²) in [5.74, 6) is -0.390. The highest BCUT2D eigenvalue weighted by Crippen LogP contribution is 2.31. The van der Waals surface area contributed by atoms with Crippen molar-refractivity contribution in [2.45, 2.75) is 38.5 Å². The number of aromatic nitrogens is 3. The van der Waals surface area contributed by atoms with Crippen molar-refractivity contribution in [1.29, 1.82) is 0 Å². The van der Waals surface area contributed by atoms with Gasteiger partial charge in [0.05, 0.1) is 23.5 Å². The van der Waals surface area contributed by atoms with Crippen LogP contribution in [-0.4, -0.2) is 43.2 Å². The van der Waals surface area contributed by atoms with Gasteiger partial charge in [0.15, 0.2) is 0 Å². The molecule has 0 amide bonds. The summed E-state index contributed by atoms with van der Waals surface area (Å²) in [6.07, 6.45) is 3.12. The van der Waals surface area contributed by atoms with E-state index in [4.69, 9.17) is 0 Å². The Hall–Kier alpha value is -2.32. The molecule has 0 saturated carbocycles. The smallest absolute Gasteiger partial charge is 0.328 e. The van der Waals surface area contributed by atoms with Crippen molar-refractivity contribution in [1.82, 2.24) is 19.4 Å². The standard InChI is InChI=1S/C17H21FN4O3/c1-11-8-22(16(24)20-15(11)23)14-10-21(6-5-17(14,2)25)9-13-4-3-12(18)7-19-13/h3-4,7-8,14,25H,5-6,9-10H2,1-2H3,(H,20,23,24)/t14-,17-/m1/s1. The molecule has 2 aromatic heterocycles. The van der Waals surface area contributed by atoms with E-state index in [0.717, 1.165) is 0 Å². The van der Waals surface area contributed by atoms with Gasteiger partial charge in [-0.25, -0.2) is 9.18 Å². The van der Waals surface area contributed by atoms with Crippen LogP contribution in [0.25, 0.3) is 0 Å². The Morgan fingerprint density at radius 1 is 1.44 bits per heavy atom. The predicted octanol–water partition coefficient (Wildman–Crippen LogP) is 0.577. The molecule has 2 aromatic rings. The first kappa shape index (κ1) is 17.5. The van der Waals surface area contributed by atoms with Crippen LogP contribution in [0.15, 0.2) is 34.1 Å². The van der Waals surface area contributed by atoms with E-state index in [0.29, 0.717) is 37.3 Å². The van der Waals surface area contributed by atoms with E-state index in [9.17, 15) is 19.1 Å². The molecule has 1 fully saturated rings. The number of aliphatic hydroxyl groups is 1. The SMILES string of the molecule is Cc1cn([C@@H]2CN(Cc3ccc(F)cn3)CC[C@@]2(C)O)c(=O)[nH]c1=O. The van der Waals surface area contributed by atoms with Gasteiger partial charge in [-0.1, -0.05) is 0 Å². The normalized spacial score (nSPS) is 24.4. The number of H-pyrrole nitrogens is 1. The molecule has 0 aliphatic carbocycles. The Morgan fingerprint density at radius 2 is 2.20 bits per heavy atom. The zero-order valence-electron chi connectivity index (χ0n) is 14.2. The minimum atomic E-state index is -1.08. The van der Waals surface area contributed by atoms with Crippen LogP contribution in [0.3, 0.4) is 0 Å². The topological polar surface area (TPSA) is 91.2 Å². The highest BCUT2D eigenvalue weighted by atomic mass is 19.1. The molecular formula is C17H21FN4O3. The van der Waals surface area contributed by atoms with Crippen LogP contribution in [0.1, 0.15) is 30.6 Å². The minimum absolute atomic E-state index is 0.390. The number of aromatic amines is 1. The third kappa shape index (κ3) is 3.69. The summed E-state index contributed by atoms with van der Waals surface area (Å²) in [5, 5.41) is 10.7. The largest absolute Gasteiger partial charge is 0.388 e. The maximum absolute atomic E-state index is 13.0. The molecule has 0 bridgehead atoms. The first-order valence-electron chi connectivity index (χ1n) is 8.13. The van der Waals surface area contributed by atoms with Gasteiger partial charge >= 0.3 is 5.69 Å². The van der Waals surface area contributed by atoms with Crippen molar-refractivity contribution < 1.29 is 9.50 Å². The summed E-state index contributed by atoms with van der Waals surface area (Å²) in [6.45, 7) is 4.84. The third-order valence-corrected chi connectivity index (χ3v) is 4.74. The summed E-state index contributed by atoms with van der Waals surface area (Å²) in [7, 11) is 0. The lowest BCUT2D eigenvalue weighted by Gasteiger charge is -2.43. The average Bonchev–Trinajstić information content (AvgIpc) is 2.55. The maximum Gasteiger partial charge on any atom is 0.328 e. The molecule has 3 rings (SSSR count). The van der Waals surface area contributed by atoms with Gasteiger partial charge < -0.3 is 5.11 Å². The molecule has 2 atom stereocenters. The number of nitrogens with zero attached hydrogens (tertiary/aromatic N) is 3. The van der Waals surface area contributed by atoms with Crippen LogP contribution in [0.2, 0.25) is 0 Å². The summed E-state index contributed by atoms with van der Waals surface area (Å²) in [5.41, 5.74) is -0.924. The molecule has 7 nitrogen and oxygen atoms in total. The summed E-state index contributed by atoms with van der Waals surface area (Å²) in [6, 6.07) is 2.47. The second kappa shape index (κ2) is 6.53. The van der Waals surface area contributed by atoms with E-state index >= 15 is 0 Å². The van der Waals surface area contributed by atoms with Crippen molar-refractivity contribution in [3.8, 4) is 0 Å². The van der Waals surface area contributed by atoms with Gasteiger partial charge in [0.25, 0.3) is 5.56 Å². The molecule has 2 N–H and O–H groups in total. The van der Waals surface area contributed by atoms with E-state index in [-0.39, 0.29) is 0 Å². The first-order valence-corrected chi connectivity index (χ1v) is 8.13. The summed E-state index contributed by atoms with van der Waals surface area (Å²) < 4.78 is 14.4. The molecule has 1 aliphatic heterocycles. The molecule has 0 radical (unpaired) electrons. The Balaban J connectivity index is 1.87. The first-order chi connectivity index (χ1) is 11.8. The van der Waals surface area contributed by atoms with Gasteiger partial charge in [0, 0.05) is 31.4 Å². The van der Waals surface area contributed by atoms with Crippen LogP contribution >= 0.6 is 0 Å². The lowest BCUT2D eigenvalue weighted by Crippen LogP contribution is -2.53. The number of hydrogen-bond donors (Lipinski definition) is 2. The highest BCUT2D eigenvalue weighted by molar-refractivity contribution is 5.08. The van der Waals surface area contributed by atoms with Gasteiger partial charge in [-0.15, -0.1) is 0 Å². The molecule has 25 heavy (non-hydrogen) atoms. The van der Waals surface area contributed by atoms with E-state index in [1.165, 1.54) is 23.0 Å². The lowest BCUT2D eigenvalue weighted by atomic mass is 9.88. The number of rotatable bonds is 3. The molecule has 0 aromatic carbocycles. The van der Waals surface area contributed by atoms with Crippen molar-refractivity contribution in [3.63, 3.8) is 0 Å². The Labute approximate surface area is 143 Å². The number of likely N-dealkylation sites (tertiary alicyclic amines) is 1.